The topological polar surface area (TPSA) is 54.4 Å². The molecule has 0 amide bonds. The Balaban J connectivity index is 2.23. The van der Waals surface area contributed by atoms with Gasteiger partial charge in [0, 0.05) is 5.56 Å². The van der Waals surface area contributed by atoms with Crippen LogP contribution < -0.4 is 0 Å². The Morgan fingerprint density at radius 2 is 1.70 bits per heavy atom. The Labute approximate surface area is 118 Å². The van der Waals surface area contributed by atoms with Gasteiger partial charge < -0.3 is 5.11 Å². The molecule has 0 radical (unpaired) electrons. The molecule has 0 aromatic heterocycles. The third-order valence-electron chi connectivity index (χ3n) is 3.93. The summed E-state index contributed by atoms with van der Waals surface area (Å²) in [5, 5.41) is 11.1. The highest BCUT2D eigenvalue weighted by Gasteiger charge is 2.41. The van der Waals surface area contributed by atoms with Crippen LogP contribution in [0.15, 0.2) is 53.4 Å². The Kier molecular flexibility index (Phi) is 2.96. The molecule has 0 saturated heterocycles. The smallest absolute Gasteiger partial charge is 0.178 e. The maximum Gasteiger partial charge on any atom is 0.178 e. The second-order valence-corrected chi connectivity index (χ2v) is 7.37. The lowest BCUT2D eigenvalue weighted by Crippen LogP contribution is -2.36. The first-order valence-electron chi connectivity index (χ1n) is 6.55. The van der Waals surface area contributed by atoms with Crippen LogP contribution in [0.1, 0.15) is 23.1 Å². The molecule has 1 N–H and O–H groups in total. The van der Waals surface area contributed by atoms with Gasteiger partial charge in [0.1, 0.15) is 5.60 Å². The number of hydrogen-bond donors (Lipinski definition) is 1. The van der Waals surface area contributed by atoms with Gasteiger partial charge >= 0.3 is 0 Å². The highest BCUT2D eigenvalue weighted by atomic mass is 32.2. The average Bonchev–Trinajstić information content (AvgIpc) is 2.45. The molecule has 0 bridgehead atoms. The number of sulfone groups is 1. The van der Waals surface area contributed by atoms with Crippen molar-refractivity contribution in [1.82, 2.24) is 0 Å². The van der Waals surface area contributed by atoms with E-state index >= 15 is 0 Å². The van der Waals surface area contributed by atoms with Gasteiger partial charge in [0.05, 0.1) is 10.6 Å². The molecular weight excluding hydrogens is 272 g/mol. The van der Waals surface area contributed by atoms with Gasteiger partial charge in [0.15, 0.2) is 9.84 Å². The summed E-state index contributed by atoms with van der Waals surface area (Å²) in [4.78, 5) is 0.245. The van der Waals surface area contributed by atoms with E-state index in [4.69, 9.17) is 0 Å². The zero-order chi connectivity index (χ0) is 14.4. The van der Waals surface area contributed by atoms with Gasteiger partial charge in [-0.25, -0.2) is 8.42 Å². The van der Waals surface area contributed by atoms with Crippen molar-refractivity contribution in [2.45, 2.75) is 23.8 Å². The van der Waals surface area contributed by atoms with Crippen molar-refractivity contribution >= 4 is 9.84 Å². The first-order valence-corrected chi connectivity index (χ1v) is 8.20. The van der Waals surface area contributed by atoms with Crippen molar-refractivity contribution in [3.63, 3.8) is 0 Å². The van der Waals surface area contributed by atoms with E-state index in [1.54, 1.807) is 24.3 Å². The molecule has 1 aliphatic heterocycles. The Bertz CT molecular complexity index is 748. The number of hydrogen-bond acceptors (Lipinski definition) is 3. The van der Waals surface area contributed by atoms with Crippen molar-refractivity contribution in [1.29, 1.82) is 0 Å². The fourth-order valence-corrected chi connectivity index (χ4v) is 4.38. The molecule has 20 heavy (non-hydrogen) atoms. The van der Waals surface area contributed by atoms with Crippen LogP contribution in [0, 0.1) is 6.92 Å². The molecule has 1 heterocycles. The van der Waals surface area contributed by atoms with E-state index in [1.807, 2.05) is 31.2 Å². The SMILES string of the molecule is Cc1ccc(C2(O)CCS(=O)(=O)c3ccccc32)cc1. The predicted molar refractivity (Wildman–Crippen MR) is 77.3 cm³/mol. The molecule has 1 aliphatic rings. The molecule has 1 unspecified atom stereocenters. The normalized spacial score (nSPS) is 24.1. The average molecular weight is 288 g/mol. The molecule has 0 fully saturated rings. The molecule has 4 heteroatoms. The van der Waals surface area contributed by atoms with Crippen LogP contribution in [0.2, 0.25) is 0 Å². The van der Waals surface area contributed by atoms with Crippen molar-refractivity contribution in [2.75, 3.05) is 5.75 Å². The van der Waals surface area contributed by atoms with Crippen molar-refractivity contribution in [3.05, 3.63) is 65.2 Å². The van der Waals surface area contributed by atoms with Crippen LogP contribution in [0.5, 0.6) is 0 Å². The highest BCUT2D eigenvalue weighted by Crippen LogP contribution is 2.41. The summed E-state index contributed by atoms with van der Waals surface area (Å²) in [7, 11) is -3.29. The van der Waals surface area contributed by atoms with Gasteiger partial charge in [-0.15, -0.1) is 0 Å². The molecule has 3 rings (SSSR count). The van der Waals surface area contributed by atoms with Crippen molar-refractivity contribution < 1.29 is 13.5 Å². The van der Waals surface area contributed by atoms with Crippen molar-refractivity contribution in [2.24, 2.45) is 0 Å². The Hall–Kier alpha value is -1.65. The largest absolute Gasteiger partial charge is 0.380 e. The highest BCUT2D eigenvalue weighted by molar-refractivity contribution is 7.91. The minimum absolute atomic E-state index is 0.0333. The maximum absolute atomic E-state index is 12.1. The van der Waals surface area contributed by atoms with Gasteiger partial charge in [0.2, 0.25) is 0 Å². The van der Waals surface area contributed by atoms with Crippen LogP contribution in [-0.4, -0.2) is 19.3 Å². The Morgan fingerprint density at radius 3 is 2.40 bits per heavy atom. The lowest BCUT2D eigenvalue weighted by atomic mass is 9.83. The van der Waals surface area contributed by atoms with E-state index in [-0.39, 0.29) is 17.1 Å². The molecule has 1 atom stereocenters. The van der Waals surface area contributed by atoms with E-state index < -0.39 is 15.4 Å². The molecular formula is C16H16O3S. The zero-order valence-electron chi connectivity index (χ0n) is 11.2. The summed E-state index contributed by atoms with van der Waals surface area (Å²) >= 11 is 0. The zero-order valence-corrected chi connectivity index (χ0v) is 12.0. The van der Waals surface area contributed by atoms with Gasteiger partial charge in [-0.05, 0) is 25.0 Å². The summed E-state index contributed by atoms with van der Waals surface area (Å²) in [6.07, 6.45) is 0.190. The summed E-state index contributed by atoms with van der Waals surface area (Å²) in [6, 6.07) is 14.3. The molecule has 104 valence electrons. The summed E-state index contributed by atoms with van der Waals surface area (Å²) < 4.78 is 24.3. The standard InChI is InChI=1S/C16H16O3S/c1-12-6-8-13(9-7-12)16(17)10-11-20(18,19)15-5-3-2-4-14(15)16/h2-9,17H,10-11H2,1H3. The van der Waals surface area contributed by atoms with Gasteiger partial charge in [-0.1, -0.05) is 48.0 Å². The molecule has 0 spiro atoms. The summed E-state index contributed by atoms with van der Waals surface area (Å²) in [6.45, 7) is 1.98. The van der Waals surface area contributed by atoms with E-state index in [1.165, 1.54) is 0 Å². The predicted octanol–water partition coefficient (Wildman–Crippen LogP) is 2.41. The fraction of sp³-hybridized carbons (Fsp3) is 0.250. The number of fused-ring (bicyclic) bond motifs is 1. The fourth-order valence-electron chi connectivity index (χ4n) is 2.74. The minimum Gasteiger partial charge on any atom is -0.380 e. The molecule has 0 aliphatic carbocycles. The third-order valence-corrected chi connectivity index (χ3v) is 5.70. The lowest BCUT2D eigenvalue weighted by Gasteiger charge is -2.34. The van der Waals surface area contributed by atoms with Crippen LogP contribution in [-0.2, 0) is 15.4 Å². The molecule has 2 aromatic rings. The number of aryl methyl sites for hydroxylation is 1. The van der Waals surface area contributed by atoms with E-state index in [0.717, 1.165) is 11.1 Å². The minimum atomic E-state index is -3.29. The first-order chi connectivity index (χ1) is 9.43. The van der Waals surface area contributed by atoms with E-state index in [9.17, 15) is 13.5 Å². The molecule has 3 nitrogen and oxygen atoms in total. The second-order valence-electron chi connectivity index (χ2n) is 5.29. The molecule has 0 saturated carbocycles. The first kappa shape index (κ1) is 13.3. The number of rotatable bonds is 1. The summed E-state index contributed by atoms with van der Waals surface area (Å²) in [5.41, 5.74) is 1.10. The van der Waals surface area contributed by atoms with Crippen LogP contribution in [0.3, 0.4) is 0 Å². The van der Waals surface area contributed by atoms with Crippen LogP contribution in [0.4, 0.5) is 0 Å². The van der Waals surface area contributed by atoms with Crippen LogP contribution in [0.25, 0.3) is 0 Å². The number of benzene rings is 2. The van der Waals surface area contributed by atoms with Gasteiger partial charge in [-0.3, -0.25) is 0 Å². The monoisotopic (exact) mass is 288 g/mol. The van der Waals surface area contributed by atoms with E-state index in [0.29, 0.717) is 5.56 Å². The quantitative estimate of drug-likeness (QED) is 0.876. The lowest BCUT2D eigenvalue weighted by molar-refractivity contribution is 0.0717. The molecule has 2 aromatic carbocycles. The second kappa shape index (κ2) is 4.43. The van der Waals surface area contributed by atoms with E-state index in [2.05, 4.69) is 0 Å². The number of aliphatic hydroxyl groups is 1. The van der Waals surface area contributed by atoms with Crippen molar-refractivity contribution in [3.8, 4) is 0 Å². The van der Waals surface area contributed by atoms with Gasteiger partial charge in [0.25, 0.3) is 0 Å². The third kappa shape index (κ3) is 1.96. The Morgan fingerprint density at radius 1 is 1.05 bits per heavy atom. The van der Waals surface area contributed by atoms with Gasteiger partial charge in [-0.2, -0.15) is 0 Å². The summed E-state index contributed by atoms with van der Waals surface area (Å²) in [5.74, 6) is -0.0333. The maximum atomic E-state index is 12.1. The van der Waals surface area contributed by atoms with Crippen LogP contribution >= 0.6 is 0 Å².